The van der Waals surface area contributed by atoms with Gasteiger partial charge in [-0.25, -0.2) is 9.78 Å². The number of nitrogens with zero attached hydrogens (tertiary/aromatic N) is 3. The van der Waals surface area contributed by atoms with Gasteiger partial charge in [-0.3, -0.25) is 14.6 Å². The van der Waals surface area contributed by atoms with Crippen molar-refractivity contribution in [2.75, 3.05) is 20.1 Å². The third-order valence-electron chi connectivity index (χ3n) is 5.17. The Kier molecular flexibility index (Phi) is 3.91. The van der Waals surface area contributed by atoms with Crippen LogP contribution in [0, 0.1) is 19.8 Å². The van der Waals surface area contributed by atoms with Crippen LogP contribution in [0.4, 0.5) is 4.79 Å². The van der Waals surface area contributed by atoms with Crippen molar-refractivity contribution in [2.24, 2.45) is 5.92 Å². The number of likely N-dealkylation sites (N-methyl/N-ethyl adjacent to an activating group) is 1. The van der Waals surface area contributed by atoms with Gasteiger partial charge in [0.05, 0.1) is 12.2 Å². The van der Waals surface area contributed by atoms with Crippen LogP contribution in [0.3, 0.4) is 0 Å². The van der Waals surface area contributed by atoms with Crippen LogP contribution in [-0.2, 0) is 11.3 Å². The Balaban J connectivity index is 1.71. The highest BCUT2D eigenvalue weighted by Gasteiger charge is 2.51. The van der Waals surface area contributed by atoms with Gasteiger partial charge in [-0.2, -0.15) is 0 Å². The molecule has 7 heteroatoms. The van der Waals surface area contributed by atoms with E-state index in [1.807, 2.05) is 20.8 Å². The van der Waals surface area contributed by atoms with Gasteiger partial charge in [-0.15, -0.1) is 0 Å². The topological polar surface area (TPSA) is 78.7 Å². The maximum absolute atomic E-state index is 12.4. The minimum absolute atomic E-state index is 0.0924. The fourth-order valence-electron chi connectivity index (χ4n) is 3.55. The molecule has 0 unspecified atom stereocenters. The third kappa shape index (κ3) is 2.73. The lowest BCUT2D eigenvalue weighted by molar-refractivity contribution is -0.132. The number of urea groups is 1. The Labute approximate surface area is 136 Å². The van der Waals surface area contributed by atoms with Gasteiger partial charge in [0.1, 0.15) is 11.3 Å². The van der Waals surface area contributed by atoms with E-state index in [0.29, 0.717) is 12.4 Å². The zero-order valence-corrected chi connectivity index (χ0v) is 14.2. The highest BCUT2D eigenvalue weighted by Crippen LogP contribution is 2.32. The molecule has 2 saturated heterocycles. The van der Waals surface area contributed by atoms with Crippen molar-refractivity contribution in [3.8, 4) is 0 Å². The quantitative estimate of drug-likeness (QED) is 0.853. The number of nitrogens with one attached hydrogen (secondary N) is 1. The SMILES string of the molecule is Cc1nc(CN2CCC[C@H]([C@]3(C)NC(=O)N(C)C3=O)C2)oc1C. The summed E-state index contributed by atoms with van der Waals surface area (Å²) in [6.45, 7) is 8.02. The average Bonchev–Trinajstić information content (AvgIpc) is 2.92. The van der Waals surface area contributed by atoms with Crippen LogP contribution in [-0.4, -0.2) is 52.4 Å². The number of aromatic nitrogens is 1. The molecule has 0 radical (unpaired) electrons. The van der Waals surface area contributed by atoms with E-state index in [9.17, 15) is 9.59 Å². The number of rotatable bonds is 3. The van der Waals surface area contributed by atoms with Crippen LogP contribution in [0.5, 0.6) is 0 Å². The number of carbonyl (C=O) groups is 2. The normalized spacial score (nSPS) is 29.2. The molecule has 2 aliphatic rings. The summed E-state index contributed by atoms with van der Waals surface area (Å²) in [5, 5.41) is 2.87. The van der Waals surface area contributed by atoms with Crippen molar-refractivity contribution in [2.45, 2.75) is 45.7 Å². The van der Waals surface area contributed by atoms with E-state index in [4.69, 9.17) is 4.42 Å². The van der Waals surface area contributed by atoms with E-state index >= 15 is 0 Å². The number of carbonyl (C=O) groups excluding carboxylic acids is 2. The lowest BCUT2D eigenvalue weighted by atomic mass is 9.80. The lowest BCUT2D eigenvalue weighted by Crippen LogP contribution is -2.55. The van der Waals surface area contributed by atoms with Crippen LogP contribution < -0.4 is 5.32 Å². The fraction of sp³-hybridized carbons (Fsp3) is 0.688. The number of aryl methyl sites for hydroxylation is 2. The number of hydrogen-bond acceptors (Lipinski definition) is 5. The summed E-state index contributed by atoms with van der Waals surface area (Å²) >= 11 is 0. The van der Waals surface area contributed by atoms with Gasteiger partial charge in [0.25, 0.3) is 5.91 Å². The van der Waals surface area contributed by atoms with Crippen molar-refractivity contribution in [3.05, 3.63) is 17.3 Å². The number of likely N-dealkylation sites (tertiary alicyclic amines) is 1. The number of hydrogen-bond donors (Lipinski definition) is 1. The van der Waals surface area contributed by atoms with Gasteiger partial charge < -0.3 is 9.73 Å². The predicted molar refractivity (Wildman–Crippen MR) is 83.7 cm³/mol. The molecule has 1 aromatic heterocycles. The van der Waals surface area contributed by atoms with Gasteiger partial charge >= 0.3 is 6.03 Å². The molecule has 3 heterocycles. The van der Waals surface area contributed by atoms with Crippen LogP contribution in [0.15, 0.2) is 4.42 Å². The first-order chi connectivity index (χ1) is 10.8. The first-order valence-electron chi connectivity index (χ1n) is 8.07. The smallest absolute Gasteiger partial charge is 0.324 e. The van der Waals surface area contributed by atoms with Crippen molar-refractivity contribution < 1.29 is 14.0 Å². The van der Waals surface area contributed by atoms with Crippen molar-refractivity contribution in [1.29, 1.82) is 0 Å². The summed E-state index contributed by atoms with van der Waals surface area (Å²) in [5.74, 6) is 1.51. The van der Waals surface area contributed by atoms with Crippen molar-refractivity contribution >= 4 is 11.9 Å². The van der Waals surface area contributed by atoms with E-state index in [1.54, 1.807) is 0 Å². The van der Waals surface area contributed by atoms with E-state index in [0.717, 1.165) is 37.4 Å². The molecule has 0 aliphatic carbocycles. The molecule has 0 saturated carbocycles. The monoisotopic (exact) mass is 320 g/mol. The van der Waals surface area contributed by atoms with E-state index in [-0.39, 0.29) is 17.9 Å². The second-order valence-corrected chi connectivity index (χ2v) is 6.82. The van der Waals surface area contributed by atoms with Gasteiger partial charge in [-0.05, 0) is 40.2 Å². The molecule has 23 heavy (non-hydrogen) atoms. The van der Waals surface area contributed by atoms with E-state index < -0.39 is 5.54 Å². The van der Waals surface area contributed by atoms with Crippen molar-refractivity contribution in [1.82, 2.24) is 20.1 Å². The molecule has 126 valence electrons. The molecule has 0 aromatic carbocycles. The van der Waals surface area contributed by atoms with Gasteiger partial charge in [0.15, 0.2) is 0 Å². The number of oxazole rings is 1. The first kappa shape index (κ1) is 16.0. The second-order valence-electron chi connectivity index (χ2n) is 6.82. The Morgan fingerprint density at radius 3 is 2.70 bits per heavy atom. The third-order valence-corrected chi connectivity index (χ3v) is 5.17. The highest BCUT2D eigenvalue weighted by atomic mass is 16.4. The van der Waals surface area contributed by atoms with E-state index in [2.05, 4.69) is 15.2 Å². The summed E-state index contributed by atoms with van der Waals surface area (Å²) in [6, 6.07) is -0.312. The summed E-state index contributed by atoms with van der Waals surface area (Å²) in [5.41, 5.74) is 0.104. The molecule has 2 atom stereocenters. The zero-order chi connectivity index (χ0) is 16.8. The van der Waals surface area contributed by atoms with Gasteiger partial charge in [-0.1, -0.05) is 0 Å². The van der Waals surface area contributed by atoms with Crippen LogP contribution in [0.1, 0.15) is 37.1 Å². The number of imide groups is 1. The molecule has 1 N–H and O–H groups in total. The Bertz CT molecular complexity index is 622. The first-order valence-corrected chi connectivity index (χ1v) is 8.07. The molecular weight excluding hydrogens is 296 g/mol. The molecule has 1 aromatic rings. The molecule has 3 rings (SSSR count). The number of piperidine rings is 1. The van der Waals surface area contributed by atoms with Crippen LogP contribution >= 0.6 is 0 Å². The Morgan fingerprint density at radius 1 is 1.39 bits per heavy atom. The minimum Gasteiger partial charge on any atom is -0.444 e. The highest BCUT2D eigenvalue weighted by molar-refractivity contribution is 6.06. The maximum Gasteiger partial charge on any atom is 0.324 e. The minimum atomic E-state index is -0.813. The van der Waals surface area contributed by atoms with Crippen molar-refractivity contribution in [3.63, 3.8) is 0 Å². The molecule has 2 aliphatic heterocycles. The summed E-state index contributed by atoms with van der Waals surface area (Å²) in [6.07, 6.45) is 1.92. The maximum atomic E-state index is 12.4. The Morgan fingerprint density at radius 2 is 2.13 bits per heavy atom. The molecular formula is C16H24N4O3. The van der Waals surface area contributed by atoms with E-state index in [1.165, 1.54) is 11.9 Å². The predicted octanol–water partition coefficient (Wildman–Crippen LogP) is 1.44. The molecule has 0 bridgehead atoms. The summed E-state index contributed by atoms with van der Waals surface area (Å²) in [4.78, 5) is 32.1. The Hall–Kier alpha value is -1.89. The lowest BCUT2D eigenvalue weighted by Gasteiger charge is -2.39. The second kappa shape index (κ2) is 5.63. The van der Waals surface area contributed by atoms with Crippen LogP contribution in [0.2, 0.25) is 0 Å². The van der Waals surface area contributed by atoms with Gasteiger partial charge in [0.2, 0.25) is 5.89 Å². The molecule has 0 spiro atoms. The standard InChI is InChI=1S/C16H24N4O3/c1-10-11(2)23-13(17-10)9-20-7-5-6-12(8-20)16(3)14(21)19(4)15(22)18-16/h12H,5-9H2,1-4H3,(H,18,22)/t12-,16-/m0/s1. The summed E-state index contributed by atoms with van der Waals surface area (Å²) < 4.78 is 5.66. The largest absolute Gasteiger partial charge is 0.444 e. The summed E-state index contributed by atoms with van der Waals surface area (Å²) in [7, 11) is 1.53. The zero-order valence-electron chi connectivity index (χ0n) is 14.2. The van der Waals surface area contributed by atoms with Gasteiger partial charge in [0, 0.05) is 19.5 Å². The van der Waals surface area contributed by atoms with Crippen LogP contribution in [0.25, 0.3) is 0 Å². The number of amides is 3. The average molecular weight is 320 g/mol. The molecule has 3 amide bonds. The fourth-order valence-corrected chi connectivity index (χ4v) is 3.55. The molecule has 7 nitrogen and oxygen atoms in total. The molecule has 2 fully saturated rings.